The Morgan fingerprint density at radius 2 is 1.56 bits per heavy atom. The fourth-order valence-corrected chi connectivity index (χ4v) is 11.9. The van der Waals surface area contributed by atoms with Gasteiger partial charge in [0.1, 0.15) is 0 Å². The highest BCUT2D eigenvalue weighted by atomic mass is 28.4. The first-order valence-electron chi connectivity index (χ1n) is 7.16. The van der Waals surface area contributed by atoms with Gasteiger partial charge in [-0.1, -0.05) is 19.6 Å². The Kier molecular flexibility index (Phi) is 4.26. The van der Waals surface area contributed by atoms with Crippen LogP contribution in [0, 0.1) is 0 Å². The van der Waals surface area contributed by atoms with Crippen molar-refractivity contribution >= 4 is 17.2 Å². The van der Waals surface area contributed by atoms with Crippen molar-refractivity contribution in [3.05, 3.63) is 12.4 Å². The molecule has 0 fully saturated rings. The summed E-state index contributed by atoms with van der Waals surface area (Å²) < 4.78 is 4.46. The molecule has 106 valence electrons. The molecule has 0 radical (unpaired) electrons. The Labute approximate surface area is 117 Å². The molecule has 0 amide bonds. The molecule has 2 atom stereocenters. The molecule has 2 nitrogen and oxygen atoms in total. The first kappa shape index (κ1) is 16.0. The average molecular weight is 286 g/mol. The lowest BCUT2D eigenvalue weighted by molar-refractivity contribution is -0.789. The number of rotatable bonds is 2. The van der Waals surface area contributed by atoms with Gasteiger partial charge >= 0.3 is 9.12 Å². The van der Waals surface area contributed by atoms with E-state index < -0.39 is 17.2 Å². The molecule has 2 unspecified atom stereocenters. The van der Waals surface area contributed by atoms with Crippen molar-refractivity contribution in [3.8, 4) is 0 Å². The second kappa shape index (κ2) is 4.80. The monoisotopic (exact) mass is 285 g/mol. The van der Waals surface area contributed by atoms with Gasteiger partial charge in [-0.05, 0) is 41.5 Å². The van der Waals surface area contributed by atoms with Crippen molar-refractivity contribution in [2.24, 2.45) is 0 Å². The van der Waals surface area contributed by atoms with Crippen molar-refractivity contribution < 1.29 is 4.57 Å². The van der Waals surface area contributed by atoms with Gasteiger partial charge in [0.15, 0.2) is 0 Å². The third-order valence-corrected chi connectivity index (χ3v) is 13.4. The Morgan fingerprint density at radius 1 is 1.06 bits per heavy atom. The second-order valence-electron chi connectivity index (χ2n) is 8.88. The SMILES string of the molecule is CC(C)(C)N1C=C[NH+](C(C)(C)C)[SiH]1C[Si](C)(C)C. The van der Waals surface area contributed by atoms with Crippen LogP contribution in [-0.2, 0) is 0 Å². The highest BCUT2D eigenvalue weighted by Gasteiger charge is 2.47. The molecule has 0 aromatic heterocycles. The topological polar surface area (TPSA) is 7.68 Å². The third-order valence-electron chi connectivity index (χ3n) is 3.56. The maximum atomic E-state index is 2.71. The van der Waals surface area contributed by atoms with Gasteiger partial charge in [-0.15, -0.1) is 0 Å². The van der Waals surface area contributed by atoms with Crippen molar-refractivity contribution in [2.75, 3.05) is 0 Å². The Hall–Kier alpha value is -0.0662. The summed E-state index contributed by atoms with van der Waals surface area (Å²) in [4.78, 5) is 0. The van der Waals surface area contributed by atoms with Gasteiger partial charge in [-0.2, -0.15) is 0 Å². The van der Waals surface area contributed by atoms with E-state index in [2.05, 4.69) is 78.1 Å². The molecule has 1 N–H and O–H groups in total. The lowest BCUT2D eigenvalue weighted by atomic mass is 10.1. The minimum atomic E-state index is -1.00. The van der Waals surface area contributed by atoms with Crippen molar-refractivity contribution in [3.63, 3.8) is 0 Å². The van der Waals surface area contributed by atoms with Gasteiger partial charge in [-0.3, -0.25) is 0 Å². The van der Waals surface area contributed by atoms with Crippen LogP contribution < -0.4 is 4.57 Å². The van der Waals surface area contributed by atoms with E-state index in [-0.39, 0.29) is 5.54 Å². The van der Waals surface area contributed by atoms with Gasteiger partial charge in [0.2, 0.25) is 0 Å². The number of quaternary nitrogens is 1. The lowest BCUT2D eigenvalue weighted by Crippen LogP contribution is -3.21. The van der Waals surface area contributed by atoms with Gasteiger partial charge in [0, 0.05) is 25.5 Å². The van der Waals surface area contributed by atoms with Crippen LogP contribution in [0.3, 0.4) is 0 Å². The Balaban J connectivity index is 3.01. The van der Waals surface area contributed by atoms with Crippen LogP contribution in [-0.4, -0.2) is 32.8 Å². The second-order valence-corrected chi connectivity index (χ2v) is 17.8. The molecule has 0 saturated heterocycles. The summed E-state index contributed by atoms with van der Waals surface area (Å²) >= 11 is 0. The van der Waals surface area contributed by atoms with Crippen LogP contribution >= 0.6 is 0 Å². The molecular weight excluding hydrogens is 252 g/mol. The first-order valence-corrected chi connectivity index (χ1v) is 12.8. The normalized spacial score (nSPS) is 25.9. The van der Waals surface area contributed by atoms with Crippen LogP contribution in [0.1, 0.15) is 41.5 Å². The molecule has 1 aliphatic heterocycles. The summed E-state index contributed by atoms with van der Waals surface area (Å²) in [5, 5.41) is 0. The molecule has 18 heavy (non-hydrogen) atoms. The van der Waals surface area contributed by atoms with Crippen LogP contribution in [0.5, 0.6) is 0 Å². The fourth-order valence-electron chi connectivity index (χ4n) is 2.75. The van der Waals surface area contributed by atoms with Crippen LogP contribution in [0.25, 0.3) is 0 Å². The standard InChI is InChI=1S/C14H32N2Si2/c1-13(2,3)15-10-11-16(14(4,5)6)17(15)12-18(7,8)9/h10-11,17H,12H2,1-9H3/p+1. The van der Waals surface area contributed by atoms with E-state index >= 15 is 0 Å². The zero-order valence-electron chi connectivity index (χ0n) is 13.9. The molecule has 1 rings (SSSR count). The minimum absolute atomic E-state index is 0.278. The summed E-state index contributed by atoms with van der Waals surface area (Å²) in [6, 6.07) is 0. The van der Waals surface area contributed by atoms with E-state index in [9.17, 15) is 0 Å². The number of nitrogens with zero attached hydrogens (tertiary/aromatic N) is 1. The molecule has 4 heteroatoms. The molecule has 0 bridgehead atoms. The molecule has 0 spiro atoms. The predicted octanol–water partition coefficient (Wildman–Crippen LogP) is 2.35. The molecule has 0 saturated carbocycles. The van der Waals surface area contributed by atoms with E-state index in [1.165, 1.54) is 5.67 Å². The maximum absolute atomic E-state index is 2.71. The number of nitrogens with one attached hydrogen (secondary N) is 1. The third kappa shape index (κ3) is 3.97. The predicted molar refractivity (Wildman–Crippen MR) is 86.7 cm³/mol. The average Bonchev–Trinajstić information content (AvgIpc) is 2.41. The molecule has 1 aliphatic rings. The maximum Gasteiger partial charge on any atom is 0.383 e. The minimum Gasteiger partial charge on any atom is -0.350 e. The van der Waals surface area contributed by atoms with Gasteiger partial charge < -0.3 is 9.13 Å². The van der Waals surface area contributed by atoms with Gasteiger partial charge in [-0.25, -0.2) is 0 Å². The Bertz CT molecular complexity index is 294. The van der Waals surface area contributed by atoms with Gasteiger partial charge in [0.25, 0.3) is 0 Å². The van der Waals surface area contributed by atoms with Crippen LogP contribution in [0.15, 0.2) is 12.4 Å². The van der Waals surface area contributed by atoms with E-state index in [0.29, 0.717) is 5.54 Å². The highest BCUT2D eigenvalue weighted by Crippen LogP contribution is 2.22. The number of hydrogen-bond donors (Lipinski definition) is 1. The molecule has 0 aromatic rings. The van der Waals surface area contributed by atoms with Crippen molar-refractivity contribution in [1.29, 1.82) is 0 Å². The zero-order valence-corrected chi connectivity index (χ0v) is 16.0. The van der Waals surface area contributed by atoms with E-state index in [4.69, 9.17) is 0 Å². The largest absolute Gasteiger partial charge is 0.383 e. The first-order chi connectivity index (χ1) is 7.82. The quantitative estimate of drug-likeness (QED) is 0.765. The van der Waals surface area contributed by atoms with E-state index in [1.807, 2.05) is 0 Å². The fraction of sp³-hybridized carbons (Fsp3) is 0.857. The summed E-state index contributed by atoms with van der Waals surface area (Å²) in [6.45, 7) is 21.7. The van der Waals surface area contributed by atoms with Crippen molar-refractivity contribution in [1.82, 2.24) is 4.57 Å². The number of hydrogen-bond acceptors (Lipinski definition) is 1. The Morgan fingerprint density at radius 3 is 1.89 bits per heavy atom. The molecule has 0 aromatic carbocycles. The molecule has 0 aliphatic carbocycles. The zero-order chi connectivity index (χ0) is 14.4. The summed E-state index contributed by atoms with van der Waals surface area (Å²) in [6.07, 6.45) is 4.82. The summed E-state index contributed by atoms with van der Waals surface area (Å²) in [7, 11) is -1.99. The van der Waals surface area contributed by atoms with Crippen LogP contribution in [0.4, 0.5) is 0 Å². The summed E-state index contributed by atoms with van der Waals surface area (Å²) in [5.41, 5.74) is 2.11. The highest BCUT2D eigenvalue weighted by molar-refractivity contribution is 6.85. The summed E-state index contributed by atoms with van der Waals surface area (Å²) in [5.74, 6) is 0. The smallest absolute Gasteiger partial charge is 0.350 e. The van der Waals surface area contributed by atoms with Crippen molar-refractivity contribution in [2.45, 2.75) is 77.9 Å². The lowest BCUT2D eigenvalue weighted by Gasteiger charge is -2.41. The van der Waals surface area contributed by atoms with Gasteiger partial charge in [0.05, 0.1) is 11.7 Å². The van der Waals surface area contributed by atoms with E-state index in [1.54, 1.807) is 4.57 Å². The van der Waals surface area contributed by atoms with E-state index in [0.717, 1.165) is 0 Å². The molecular formula is C14H33N2Si2+. The molecule has 1 heterocycles. The van der Waals surface area contributed by atoms with Crippen LogP contribution in [0.2, 0.25) is 25.3 Å².